The first kappa shape index (κ1) is 12.8. The van der Waals surface area contributed by atoms with Gasteiger partial charge in [-0.15, -0.1) is 0 Å². The number of benzene rings is 1. The fraction of sp³-hybridized carbons (Fsp3) is 0.357. The zero-order valence-corrected chi connectivity index (χ0v) is 11.8. The molecule has 100 valence electrons. The molecule has 2 aromatic rings. The van der Waals surface area contributed by atoms with Crippen LogP contribution in [-0.2, 0) is 0 Å². The van der Waals surface area contributed by atoms with Crippen LogP contribution in [0.1, 0.15) is 37.3 Å². The molecule has 1 fully saturated rings. The number of hydrogen-bond donors (Lipinski definition) is 1. The van der Waals surface area contributed by atoms with Gasteiger partial charge < -0.3 is 5.73 Å². The first-order valence-electron chi connectivity index (χ1n) is 6.31. The zero-order chi connectivity index (χ0) is 13.6. The van der Waals surface area contributed by atoms with Crippen LogP contribution in [0.4, 0.5) is 14.5 Å². The molecule has 2 N–H and O–H groups in total. The van der Waals surface area contributed by atoms with Gasteiger partial charge in [0.1, 0.15) is 11.3 Å². The third-order valence-corrected chi connectivity index (χ3v) is 4.53. The highest BCUT2D eigenvalue weighted by Crippen LogP contribution is 2.38. The monoisotopic (exact) mass is 326 g/mol. The minimum atomic E-state index is -0.665. The number of rotatable bonds is 1. The van der Waals surface area contributed by atoms with Crippen molar-refractivity contribution in [1.29, 1.82) is 0 Å². The summed E-state index contributed by atoms with van der Waals surface area (Å²) in [5, 5.41) is 0.319. The van der Waals surface area contributed by atoms with E-state index in [2.05, 4.69) is 20.9 Å². The molecule has 2 nitrogen and oxygen atoms in total. The SMILES string of the molecule is Nc1cc(C2CCCC2)nc2c(F)cc(F)c(Br)c12. The second-order valence-corrected chi connectivity index (χ2v) is 5.79. The molecule has 1 saturated carbocycles. The predicted molar refractivity (Wildman–Crippen MR) is 75.0 cm³/mol. The van der Waals surface area contributed by atoms with Crippen molar-refractivity contribution in [2.75, 3.05) is 5.73 Å². The van der Waals surface area contributed by atoms with Gasteiger partial charge in [0.05, 0.1) is 4.47 Å². The second-order valence-electron chi connectivity index (χ2n) is 5.00. The maximum Gasteiger partial charge on any atom is 0.152 e. The summed E-state index contributed by atoms with van der Waals surface area (Å²) in [4.78, 5) is 4.37. The molecule has 0 atom stereocenters. The Bertz CT molecular complexity index is 652. The van der Waals surface area contributed by atoms with Crippen molar-refractivity contribution in [2.45, 2.75) is 31.6 Å². The summed E-state index contributed by atoms with van der Waals surface area (Å²) in [6.45, 7) is 0. The standard InChI is InChI=1S/C14H13BrF2N2/c15-13-8(16)5-9(17)14-12(13)10(18)6-11(19-14)7-3-1-2-4-7/h5-7H,1-4H2,(H2,18,19). The van der Waals surface area contributed by atoms with Crippen LogP contribution in [0.2, 0.25) is 0 Å². The molecular weight excluding hydrogens is 314 g/mol. The Hall–Kier alpha value is -1.23. The van der Waals surface area contributed by atoms with Crippen LogP contribution in [0.3, 0.4) is 0 Å². The second kappa shape index (κ2) is 4.71. The van der Waals surface area contributed by atoms with Gasteiger partial charge in [0.2, 0.25) is 0 Å². The van der Waals surface area contributed by atoms with Crippen molar-refractivity contribution in [3.05, 3.63) is 33.9 Å². The van der Waals surface area contributed by atoms with Crippen LogP contribution < -0.4 is 5.73 Å². The van der Waals surface area contributed by atoms with Crippen molar-refractivity contribution >= 4 is 32.5 Å². The number of nitrogens with zero attached hydrogens (tertiary/aromatic N) is 1. The van der Waals surface area contributed by atoms with Crippen LogP contribution in [0.15, 0.2) is 16.6 Å². The third-order valence-electron chi connectivity index (χ3n) is 3.75. The number of aromatic nitrogens is 1. The van der Waals surface area contributed by atoms with E-state index >= 15 is 0 Å². The highest BCUT2D eigenvalue weighted by atomic mass is 79.9. The molecule has 0 bridgehead atoms. The van der Waals surface area contributed by atoms with Crippen molar-refractivity contribution in [3.8, 4) is 0 Å². The van der Waals surface area contributed by atoms with Gasteiger partial charge in [-0.05, 0) is 34.8 Å². The molecule has 0 saturated heterocycles. The normalized spacial score (nSPS) is 16.4. The number of nitrogens with two attached hydrogens (primary N) is 1. The Morgan fingerprint density at radius 2 is 1.84 bits per heavy atom. The first-order chi connectivity index (χ1) is 9.08. The van der Waals surface area contributed by atoms with Gasteiger partial charge in [0.15, 0.2) is 5.82 Å². The summed E-state index contributed by atoms with van der Waals surface area (Å²) < 4.78 is 27.6. The maximum atomic E-state index is 13.9. The molecule has 0 radical (unpaired) electrons. The molecule has 1 aliphatic carbocycles. The van der Waals surface area contributed by atoms with E-state index in [-0.39, 0.29) is 9.99 Å². The van der Waals surface area contributed by atoms with Crippen LogP contribution in [-0.4, -0.2) is 4.98 Å². The fourth-order valence-electron chi connectivity index (χ4n) is 2.78. The average Bonchev–Trinajstić information content (AvgIpc) is 2.89. The highest BCUT2D eigenvalue weighted by molar-refractivity contribution is 9.10. The van der Waals surface area contributed by atoms with E-state index in [0.717, 1.165) is 24.6 Å². The predicted octanol–water partition coefficient (Wildman–Crippen LogP) is 4.52. The molecule has 0 aliphatic heterocycles. The number of pyridine rings is 1. The number of anilines is 1. The Kier molecular flexibility index (Phi) is 3.17. The number of fused-ring (bicyclic) bond motifs is 1. The van der Waals surface area contributed by atoms with Gasteiger partial charge in [-0.25, -0.2) is 13.8 Å². The van der Waals surface area contributed by atoms with E-state index in [1.54, 1.807) is 6.07 Å². The van der Waals surface area contributed by atoms with Crippen molar-refractivity contribution < 1.29 is 8.78 Å². The van der Waals surface area contributed by atoms with E-state index in [9.17, 15) is 8.78 Å². The molecule has 1 heterocycles. The van der Waals surface area contributed by atoms with Crippen molar-refractivity contribution in [2.24, 2.45) is 0 Å². The Morgan fingerprint density at radius 3 is 2.53 bits per heavy atom. The molecule has 1 aliphatic rings. The van der Waals surface area contributed by atoms with E-state index in [1.165, 1.54) is 12.8 Å². The lowest BCUT2D eigenvalue weighted by molar-refractivity contribution is 0.585. The Labute approximate surface area is 118 Å². The minimum absolute atomic E-state index is 0.148. The van der Waals surface area contributed by atoms with Gasteiger partial charge in [0, 0.05) is 28.8 Å². The van der Waals surface area contributed by atoms with Crippen LogP contribution >= 0.6 is 15.9 Å². The highest BCUT2D eigenvalue weighted by Gasteiger charge is 2.22. The largest absolute Gasteiger partial charge is 0.398 e. The van der Waals surface area contributed by atoms with Crippen molar-refractivity contribution in [3.63, 3.8) is 0 Å². The zero-order valence-electron chi connectivity index (χ0n) is 10.2. The lowest BCUT2D eigenvalue weighted by Gasteiger charge is -2.13. The molecule has 0 spiro atoms. The molecule has 0 amide bonds. The van der Waals surface area contributed by atoms with E-state index in [4.69, 9.17) is 5.73 Å². The topological polar surface area (TPSA) is 38.9 Å². The summed E-state index contributed by atoms with van der Waals surface area (Å²) in [5.74, 6) is -0.982. The summed E-state index contributed by atoms with van der Waals surface area (Å²) in [6.07, 6.45) is 4.45. The van der Waals surface area contributed by atoms with E-state index in [0.29, 0.717) is 17.0 Å². The lowest BCUT2D eigenvalue weighted by Crippen LogP contribution is -2.02. The molecule has 3 rings (SSSR count). The van der Waals surface area contributed by atoms with E-state index in [1.807, 2.05) is 0 Å². The summed E-state index contributed by atoms with van der Waals surface area (Å²) in [6, 6.07) is 2.60. The summed E-state index contributed by atoms with van der Waals surface area (Å²) >= 11 is 3.11. The number of hydrogen-bond acceptors (Lipinski definition) is 2. The smallest absolute Gasteiger partial charge is 0.152 e. The summed E-state index contributed by atoms with van der Waals surface area (Å²) in [7, 11) is 0. The Balaban J connectivity index is 2.25. The summed E-state index contributed by atoms with van der Waals surface area (Å²) in [5.41, 5.74) is 7.30. The molecule has 1 aromatic heterocycles. The van der Waals surface area contributed by atoms with Gasteiger partial charge in [-0.1, -0.05) is 12.8 Å². The maximum absolute atomic E-state index is 13.9. The van der Waals surface area contributed by atoms with Gasteiger partial charge in [-0.2, -0.15) is 0 Å². The molecule has 19 heavy (non-hydrogen) atoms. The van der Waals surface area contributed by atoms with Crippen LogP contribution in [0, 0.1) is 11.6 Å². The van der Waals surface area contributed by atoms with E-state index < -0.39 is 11.6 Å². The van der Waals surface area contributed by atoms with Gasteiger partial charge in [-0.3, -0.25) is 0 Å². The Morgan fingerprint density at radius 1 is 1.16 bits per heavy atom. The first-order valence-corrected chi connectivity index (χ1v) is 7.11. The average molecular weight is 327 g/mol. The van der Waals surface area contributed by atoms with Gasteiger partial charge >= 0.3 is 0 Å². The minimum Gasteiger partial charge on any atom is -0.398 e. The molecule has 0 unspecified atom stereocenters. The van der Waals surface area contributed by atoms with Gasteiger partial charge in [0.25, 0.3) is 0 Å². The van der Waals surface area contributed by atoms with Crippen molar-refractivity contribution in [1.82, 2.24) is 4.98 Å². The fourth-order valence-corrected chi connectivity index (χ4v) is 3.31. The van der Waals surface area contributed by atoms with Crippen LogP contribution in [0.25, 0.3) is 10.9 Å². The molecule has 5 heteroatoms. The quantitative estimate of drug-likeness (QED) is 0.783. The number of nitrogen functional groups attached to an aromatic ring is 1. The molecule has 1 aromatic carbocycles. The number of halogens is 3. The van der Waals surface area contributed by atoms with Crippen LogP contribution in [0.5, 0.6) is 0 Å². The lowest BCUT2D eigenvalue weighted by atomic mass is 10.0. The third kappa shape index (κ3) is 2.10. The molecular formula is C14H13BrF2N2.